The van der Waals surface area contributed by atoms with Gasteiger partial charge in [0.05, 0.1) is 7.85 Å². The lowest BCUT2D eigenvalue weighted by Crippen LogP contribution is -2.17. The fraction of sp³-hybridized carbons (Fsp3) is 0.500. The lowest BCUT2D eigenvalue weighted by atomic mass is 9.67. The Kier molecular flexibility index (Phi) is 3.53. The van der Waals surface area contributed by atoms with Crippen molar-refractivity contribution in [2.75, 3.05) is 0 Å². The first-order valence-electron chi connectivity index (χ1n) is 4.98. The maximum Gasteiger partial charge on any atom is 0.122 e. The van der Waals surface area contributed by atoms with Crippen LogP contribution in [-0.4, -0.2) is 7.85 Å². The lowest BCUT2D eigenvalue weighted by molar-refractivity contribution is 0.373. The summed E-state index contributed by atoms with van der Waals surface area (Å²) in [6.45, 7) is 4.47. The van der Waals surface area contributed by atoms with Gasteiger partial charge in [-0.05, 0) is 23.4 Å². The number of hydrogen-bond acceptors (Lipinski definition) is 0. The third kappa shape index (κ3) is 3.05. The third-order valence-corrected chi connectivity index (χ3v) is 2.37. The molecule has 0 N–H and O–H groups in total. The molecule has 15 heavy (non-hydrogen) atoms. The third-order valence-electron chi connectivity index (χ3n) is 2.37. The Hall–Kier alpha value is -0.855. The highest BCUT2D eigenvalue weighted by Gasteiger charge is 2.16. The molecule has 0 aliphatic heterocycles. The van der Waals surface area contributed by atoms with Crippen LogP contribution in [0.25, 0.3) is 0 Å². The van der Waals surface area contributed by atoms with Crippen LogP contribution in [0, 0.1) is 0 Å². The highest BCUT2D eigenvalue weighted by molar-refractivity contribution is 6.15. The zero-order valence-electron chi connectivity index (χ0n) is 9.35. The Morgan fingerprint density at radius 3 is 2.33 bits per heavy atom. The SMILES string of the molecule is [B]C(C)(C)c1cc(CF)cc(C(C)F)c1. The minimum absolute atomic E-state index is 0.477. The zero-order chi connectivity index (χ0) is 11.6. The van der Waals surface area contributed by atoms with Crippen LogP contribution < -0.4 is 0 Å². The largest absolute Gasteiger partial charge is 0.246 e. The summed E-state index contributed by atoms with van der Waals surface area (Å²) in [4.78, 5) is 0. The summed E-state index contributed by atoms with van der Waals surface area (Å²) in [7, 11) is 5.90. The van der Waals surface area contributed by atoms with E-state index in [9.17, 15) is 8.78 Å². The molecule has 3 heteroatoms. The summed E-state index contributed by atoms with van der Waals surface area (Å²) < 4.78 is 25.7. The number of benzene rings is 1. The number of hydrogen-bond donors (Lipinski definition) is 0. The van der Waals surface area contributed by atoms with E-state index >= 15 is 0 Å². The van der Waals surface area contributed by atoms with Crippen LogP contribution in [0.1, 0.15) is 43.6 Å². The molecule has 0 fully saturated rings. The van der Waals surface area contributed by atoms with Crippen LogP contribution >= 0.6 is 0 Å². The molecule has 2 radical (unpaired) electrons. The number of halogens is 2. The van der Waals surface area contributed by atoms with E-state index in [-0.39, 0.29) is 0 Å². The van der Waals surface area contributed by atoms with Crippen molar-refractivity contribution in [2.45, 2.75) is 38.9 Å². The van der Waals surface area contributed by atoms with Crippen LogP contribution in [0.15, 0.2) is 18.2 Å². The zero-order valence-corrected chi connectivity index (χ0v) is 9.35. The predicted molar refractivity (Wildman–Crippen MR) is 59.6 cm³/mol. The molecule has 0 aliphatic carbocycles. The Labute approximate surface area is 91.1 Å². The Balaban J connectivity index is 3.23. The molecule has 0 saturated carbocycles. The van der Waals surface area contributed by atoms with Gasteiger partial charge in [-0.25, -0.2) is 8.78 Å². The molecule has 1 unspecified atom stereocenters. The number of alkyl halides is 2. The topological polar surface area (TPSA) is 0 Å². The van der Waals surface area contributed by atoms with Gasteiger partial charge in [-0.15, -0.1) is 0 Å². The van der Waals surface area contributed by atoms with E-state index in [0.717, 1.165) is 5.56 Å². The van der Waals surface area contributed by atoms with Crippen molar-refractivity contribution in [1.29, 1.82) is 0 Å². The molecule has 0 amide bonds. The van der Waals surface area contributed by atoms with Gasteiger partial charge in [-0.1, -0.05) is 37.6 Å². The van der Waals surface area contributed by atoms with Gasteiger partial charge in [0.15, 0.2) is 0 Å². The van der Waals surface area contributed by atoms with Gasteiger partial charge in [0.2, 0.25) is 0 Å². The van der Waals surface area contributed by atoms with E-state index in [4.69, 9.17) is 7.85 Å². The maximum atomic E-state index is 13.2. The van der Waals surface area contributed by atoms with E-state index in [1.807, 2.05) is 13.8 Å². The van der Waals surface area contributed by atoms with Crippen molar-refractivity contribution in [3.63, 3.8) is 0 Å². The van der Waals surface area contributed by atoms with Crippen molar-refractivity contribution in [3.05, 3.63) is 34.9 Å². The van der Waals surface area contributed by atoms with Crippen LogP contribution in [-0.2, 0) is 12.0 Å². The van der Waals surface area contributed by atoms with Gasteiger partial charge in [0, 0.05) is 0 Å². The minimum atomic E-state index is -1.10. The van der Waals surface area contributed by atoms with Crippen molar-refractivity contribution in [2.24, 2.45) is 0 Å². The van der Waals surface area contributed by atoms with E-state index in [2.05, 4.69) is 0 Å². The molecule has 80 valence electrons. The summed E-state index contributed by atoms with van der Waals surface area (Å²) in [5, 5.41) is -0.575. The molecule has 1 rings (SSSR count). The Bertz CT molecular complexity index is 340. The van der Waals surface area contributed by atoms with E-state index in [0.29, 0.717) is 11.1 Å². The molecule has 0 bridgehead atoms. The van der Waals surface area contributed by atoms with Crippen LogP contribution in [0.3, 0.4) is 0 Å². The first-order valence-corrected chi connectivity index (χ1v) is 4.98. The molecule has 0 spiro atoms. The lowest BCUT2D eigenvalue weighted by Gasteiger charge is -2.21. The van der Waals surface area contributed by atoms with Crippen molar-refractivity contribution in [3.8, 4) is 0 Å². The van der Waals surface area contributed by atoms with Gasteiger partial charge in [-0.2, -0.15) is 0 Å². The van der Waals surface area contributed by atoms with Gasteiger partial charge >= 0.3 is 0 Å². The first-order chi connectivity index (χ1) is 6.84. The fourth-order valence-electron chi connectivity index (χ4n) is 1.40. The van der Waals surface area contributed by atoms with Crippen molar-refractivity contribution in [1.82, 2.24) is 0 Å². The second-order valence-corrected chi connectivity index (χ2v) is 4.43. The molecule has 0 nitrogen and oxygen atoms in total. The molecule has 0 saturated heterocycles. The highest BCUT2D eigenvalue weighted by atomic mass is 19.1. The second-order valence-electron chi connectivity index (χ2n) is 4.43. The normalized spacial score (nSPS) is 13.9. The highest BCUT2D eigenvalue weighted by Crippen LogP contribution is 2.26. The van der Waals surface area contributed by atoms with Gasteiger partial charge in [-0.3, -0.25) is 0 Å². The summed E-state index contributed by atoms with van der Waals surface area (Å²) in [6.07, 6.45) is -1.10. The van der Waals surface area contributed by atoms with E-state index < -0.39 is 18.2 Å². The predicted octanol–water partition coefficient (Wildman–Crippen LogP) is 3.59. The van der Waals surface area contributed by atoms with Crippen LogP contribution in [0.5, 0.6) is 0 Å². The smallest absolute Gasteiger partial charge is 0.122 e. The molecule has 1 atom stereocenters. The molecule has 1 aromatic rings. The number of rotatable bonds is 3. The summed E-state index contributed by atoms with van der Waals surface area (Å²) in [5.41, 5.74) is 1.72. The average Bonchev–Trinajstić information content (AvgIpc) is 2.15. The van der Waals surface area contributed by atoms with Crippen molar-refractivity contribution < 1.29 is 8.78 Å². The Morgan fingerprint density at radius 1 is 1.33 bits per heavy atom. The molecule has 0 aliphatic rings. The first kappa shape index (κ1) is 12.2. The van der Waals surface area contributed by atoms with Crippen molar-refractivity contribution >= 4 is 7.85 Å². The molecule has 1 aromatic carbocycles. The average molecular weight is 208 g/mol. The second kappa shape index (κ2) is 4.34. The van der Waals surface area contributed by atoms with Gasteiger partial charge in [0.1, 0.15) is 12.8 Å². The molecular formula is C12H15BF2. The minimum Gasteiger partial charge on any atom is -0.246 e. The molecule has 0 aromatic heterocycles. The Morgan fingerprint density at radius 2 is 1.93 bits per heavy atom. The maximum absolute atomic E-state index is 13.2. The molecular weight excluding hydrogens is 193 g/mol. The summed E-state index contributed by atoms with van der Waals surface area (Å²) >= 11 is 0. The van der Waals surface area contributed by atoms with E-state index in [1.165, 1.54) is 6.92 Å². The molecule has 0 heterocycles. The van der Waals surface area contributed by atoms with Crippen LogP contribution in [0.4, 0.5) is 8.78 Å². The van der Waals surface area contributed by atoms with Gasteiger partial charge in [0.25, 0.3) is 0 Å². The van der Waals surface area contributed by atoms with Crippen LogP contribution in [0.2, 0.25) is 0 Å². The van der Waals surface area contributed by atoms with E-state index in [1.54, 1.807) is 18.2 Å². The van der Waals surface area contributed by atoms with Gasteiger partial charge < -0.3 is 0 Å². The summed E-state index contributed by atoms with van der Waals surface area (Å²) in [6, 6.07) is 4.93. The quantitative estimate of drug-likeness (QED) is 0.665. The summed E-state index contributed by atoms with van der Waals surface area (Å²) in [5.74, 6) is 0. The standard InChI is InChI=1S/C12H15BF2/c1-8(15)10-4-9(7-14)5-11(6-10)12(2,3)13/h4-6,8H,7H2,1-3H3. The monoisotopic (exact) mass is 208 g/mol. The fourth-order valence-corrected chi connectivity index (χ4v) is 1.40.